The molecular formula is C12H23NO5S. The summed E-state index contributed by atoms with van der Waals surface area (Å²) in [5, 5.41) is 8.89. The number of hydrogen-bond acceptors (Lipinski definition) is 4. The average Bonchev–Trinajstić information content (AvgIpc) is 2.27. The average molecular weight is 293 g/mol. The van der Waals surface area contributed by atoms with Crippen LogP contribution in [-0.2, 0) is 19.6 Å². The van der Waals surface area contributed by atoms with Gasteiger partial charge in [0.2, 0.25) is 10.0 Å². The second-order valence-electron chi connectivity index (χ2n) is 5.73. The number of carbonyl (C=O) groups is 1. The van der Waals surface area contributed by atoms with Crippen molar-refractivity contribution in [3.8, 4) is 0 Å². The molecule has 0 atom stereocenters. The van der Waals surface area contributed by atoms with Crippen LogP contribution in [0.3, 0.4) is 0 Å². The van der Waals surface area contributed by atoms with E-state index in [1.165, 1.54) is 7.11 Å². The summed E-state index contributed by atoms with van der Waals surface area (Å²) < 4.78 is 31.7. The molecule has 0 aromatic rings. The predicted octanol–water partition coefficient (Wildman–Crippen LogP) is 0.974. The second kappa shape index (κ2) is 6.19. The summed E-state index contributed by atoms with van der Waals surface area (Å²) in [5.74, 6) is -1.23. The number of methoxy groups -OCH3 is 1. The van der Waals surface area contributed by atoms with E-state index in [4.69, 9.17) is 9.84 Å². The van der Waals surface area contributed by atoms with Crippen LogP contribution in [0.15, 0.2) is 0 Å². The zero-order chi connectivity index (χ0) is 14.7. The van der Waals surface area contributed by atoms with Crippen molar-refractivity contribution in [1.82, 2.24) is 4.72 Å². The molecule has 1 saturated carbocycles. The topological polar surface area (TPSA) is 92.7 Å². The number of carboxylic acids is 1. The van der Waals surface area contributed by atoms with Gasteiger partial charge in [-0.3, -0.25) is 4.79 Å². The van der Waals surface area contributed by atoms with Crippen molar-refractivity contribution in [2.45, 2.75) is 51.2 Å². The Morgan fingerprint density at radius 3 is 2.26 bits per heavy atom. The van der Waals surface area contributed by atoms with Gasteiger partial charge in [-0.15, -0.1) is 0 Å². The smallest absolute Gasteiger partial charge is 0.306 e. The Morgan fingerprint density at radius 1 is 1.32 bits per heavy atom. The van der Waals surface area contributed by atoms with Gasteiger partial charge in [-0.25, -0.2) is 13.1 Å². The Morgan fingerprint density at radius 2 is 1.84 bits per heavy atom. The van der Waals surface area contributed by atoms with Crippen molar-refractivity contribution in [1.29, 1.82) is 0 Å². The standard InChI is InChI=1S/C12H23NO5S/c1-12(2,18-3)8-19(16,17)13-10-6-4-9(5-7-10)11(14)15/h9-10,13H,4-8H2,1-3H3,(H,14,15). The number of carboxylic acid groups (broad SMARTS) is 1. The van der Waals surface area contributed by atoms with Gasteiger partial charge in [0.1, 0.15) is 0 Å². The molecule has 0 amide bonds. The summed E-state index contributed by atoms with van der Waals surface area (Å²) in [6.07, 6.45) is 2.19. The lowest BCUT2D eigenvalue weighted by Gasteiger charge is -2.28. The highest BCUT2D eigenvalue weighted by molar-refractivity contribution is 7.89. The van der Waals surface area contributed by atoms with Crippen molar-refractivity contribution in [3.05, 3.63) is 0 Å². The number of hydrogen-bond donors (Lipinski definition) is 2. The summed E-state index contributed by atoms with van der Waals surface area (Å²) >= 11 is 0. The monoisotopic (exact) mass is 293 g/mol. The van der Waals surface area contributed by atoms with Crippen LogP contribution in [0.1, 0.15) is 39.5 Å². The van der Waals surface area contributed by atoms with Gasteiger partial charge in [0.05, 0.1) is 17.3 Å². The second-order valence-corrected chi connectivity index (χ2v) is 7.48. The fourth-order valence-electron chi connectivity index (χ4n) is 2.27. The number of ether oxygens (including phenoxy) is 1. The summed E-state index contributed by atoms with van der Waals surface area (Å²) in [6, 6.07) is -0.159. The van der Waals surface area contributed by atoms with E-state index in [1.54, 1.807) is 13.8 Å². The molecule has 0 aromatic carbocycles. The minimum atomic E-state index is -3.41. The lowest BCUT2D eigenvalue weighted by Crippen LogP contribution is -2.44. The lowest BCUT2D eigenvalue weighted by atomic mass is 9.87. The number of aliphatic carboxylic acids is 1. The summed E-state index contributed by atoms with van der Waals surface area (Å²) in [6.45, 7) is 3.43. The molecule has 6 nitrogen and oxygen atoms in total. The minimum absolute atomic E-state index is 0.102. The van der Waals surface area contributed by atoms with Crippen LogP contribution in [-0.4, -0.2) is 44.0 Å². The summed E-state index contributed by atoms with van der Waals surface area (Å²) in [4.78, 5) is 10.8. The largest absolute Gasteiger partial charge is 0.481 e. The Kier molecular flexibility index (Phi) is 5.34. The van der Waals surface area contributed by atoms with E-state index < -0.39 is 21.6 Å². The van der Waals surface area contributed by atoms with Gasteiger partial charge in [0, 0.05) is 13.2 Å². The highest BCUT2D eigenvalue weighted by Gasteiger charge is 2.31. The Bertz CT molecular complexity index is 410. The number of sulfonamides is 1. The zero-order valence-corrected chi connectivity index (χ0v) is 12.5. The quantitative estimate of drug-likeness (QED) is 0.761. The van der Waals surface area contributed by atoms with Gasteiger partial charge in [-0.05, 0) is 39.5 Å². The molecule has 0 saturated heterocycles. The van der Waals surface area contributed by atoms with Crippen molar-refractivity contribution >= 4 is 16.0 Å². The SMILES string of the molecule is COC(C)(C)CS(=O)(=O)NC1CCC(C(=O)O)CC1. The number of nitrogens with one attached hydrogen (secondary N) is 1. The van der Waals surface area contributed by atoms with Crippen LogP contribution < -0.4 is 4.72 Å². The molecule has 7 heteroatoms. The Hall–Kier alpha value is -0.660. The van der Waals surface area contributed by atoms with Gasteiger partial charge < -0.3 is 9.84 Å². The first kappa shape index (κ1) is 16.4. The van der Waals surface area contributed by atoms with Crippen LogP contribution in [0, 0.1) is 5.92 Å². The van der Waals surface area contributed by atoms with Crippen molar-refractivity contribution in [3.63, 3.8) is 0 Å². The predicted molar refractivity (Wildman–Crippen MR) is 71.4 cm³/mol. The van der Waals surface area contributed by atoms with Gasteiger partial charge in [-0.2, -0.15) is 0 Å². The Balaban J connectivity index is 2.50. The van der Waals surface area contributed by atoms with Crippen molar-refractivity contribution in [2.24, 2.45) is 5.92 Å². The van der Waals surface area contributed by atoms with Crippen molar-refractivity contribution in [2.75, 3.05) is 12.9 Å². The van der Waals surface area contributed by atoms with Gasteiger partial charge >= 0.3 is 5.97 Å². The molecule has 1 aliphatic rings. The molecule has 112 valence electrons. The summed E-state index contributed by atoms with van der Waals surface area (Å²) in [7, 11) is -1.93. The first-order valence-electron chi connectivity index (χ1n) is 6.43. The molecule has 1 rings (SSSR count). The third kappa shape index (κ3) is 5.46. The molecule has 1 fully saturated rings. The number of rotatable bonds is 6. The van der Waals surface area contributed by atoms with Crippen LogP contribution in [0.5, 0.6) is 0 Å². The fraction of sp³-hybridized carbons (Fsp3) is 0.917. The minimum Gasteiger partial charge on any atom is -0.481 e. The molecule has 0 unspecified atom stereocenters. The third-order valence-corrected chi connectivity index (χ3v) is 5.28. The van der Waals surface area contributed by atoms with Crippen molar-refractivity contribution < 1.29 is 23.1 Å². The van der Waals surface area contributed by atoms with E-state index in [0.29, 0.717) is 25.7 Å². The highest BCUT2D eigenvalue weighted by atomic mass is 32.2. The van der Waals surface area contributed by atoms with Gasteiger partial charge in [0.15, 0.2) is 0 Å². The van der Waals surface area contributed by atoms with E-state index in [9.17, 15) is 13.2 Å². The van der Waals surface area contributed by atoms with E-state index >= 15 is 0 Å². The van der Waals surface area contributed by atoms with Crippen LogP contribution in [0.2, 0.25) is 0 Å². The van der Waals surface area contributed by atoms with Crippen LogP contribution in [0.4, 0.5) is 0 Å². The first-order valence-corrected chi connectivity index (χ1v) is 8.08. The van der Waals surface area contributed by atoms with E-state index in [1.807, 2.05) is 0 Å². The summed E-state index contributed by atoms with van der Waals surface area (Å²) in [5.41, 5.74) is -0.732. The molecule has 0 spiro atoms. The maximum atomic E-state index is 12.0. The molecular weight excluding hydrogens is 270 g/mol. The van der Waals surface area contributed by atoms with Gasteiger partial charge in [-0.1, -0.05) is 0 Å². The molecule has 0 aliphatic heterocycles. The van der Waals surface area contributed by atoms with Crippen LogP contribution >= 0.6 is 0 Å². The lowest BCUT2D eigenvalue weighted by molar-refractivity contribution is -0.142. The maximum Gasteiger partial charge on any atom is 0.306 e. The molecule has 19 heavy (non-hydrogen) atoms. The van der Waals surface area contributed by atoms with E-state index in [0.717, 1.165) is 0 Å². The van der Waals surface area contributed by atoms with Gasteiger partial charge in [0.25, 0.3) is 0 Å². The molecule has 0 radical (unpaired) electrons. The molecule has 0 aromatic heterocycles. The first-order chi connectivity index (χ1) is 8.65. The normalized spacial score (nSPS) is 25.2. The molecule has 1 aliphatic carbocycles. The van der Waals surface area contributed by atoms with E-state index in [2.05, 4.69) is 4.72 Å². The van der Waals surface area contributed by atoms with E-state index in [-0.39, 0.29) is 17.7 Å². The maximum absolute atomic E-state index is 12.0. The fourth-order valence-corrected chi connectivity index (χ4v) is 4.13. The molecule has 0 heterocycles. The molecule has 0 bridgehead atoms. The van der Waals surface area contributed by atoms with Crippen LogP contribution in [0.25, 0.3) is 0 Å². The molecule has 2 N–H and O–H groups in total. The highest BCUT2D eigenvalue weighted by Crippen LogP contribution is 2.25. The Labute approximate surface area is 114 Å². The third-order valence-electron chi connectivity index (χ3n) is 3.51. The zero-order valence-electron chi connectivity index (χ0n) is 11.7.